The maximum absolute atomic E-state index is 12.5. The molecular formula is C14H13N3O2S2. The first-order valence-corrected chi connectivity index (χ1v) is 8.82. The first kappa shape index (κ1) is 14.0. The van der Waals surface area contributed by atoms with Crippen molar-refractivity contribution in [3.63, 3.8) is 0 Å². The quantitative estimate of drug-likeness (QED) is 0.942. The van der Waals surface area contributed by atoms with Gasteiger partial charge >= 0.3 is 0 Å². The molecule has 1 aliphatic carbocycles. The number of benzene rings is 1. The molecule has 1 aliphatic rings. The number of rotatable bonds is 3. The molecule has 0 fully saturated rings. The predicted molar refractivity (Wildman–Crippen MR) is 80.8 cm³/mol. The van der Waals surface area contributed by atoms with Crippen molar-refractivity contribution in [2.75, 3.05) is 4.72 Å². The van der Waals surface area contributed by atoms with Crippen molar-refractivity contribution in [2.24, 2.45) is 0 Å². The molecule has 0 amide bonds. The Hall–Kier alpha value is -1.91. The van der Waals surface area contributed by atoms with Crippen LogP contribution in [0.5, 0.6) is 0 Å². The number of thiazole rings is 1. The number of hydrogen-bond acceptors (Lipinski definition) is 5. The lowest BCUT2D eigenvalue weighted by Gasteiger charge is -2.08. The number of nitriles is 1. The van der Waals surface area contributed by atoms with Crippen LogP contribution in [-0.2, 0) is 22.9 Å². The van der Waals surface area contributed by atoms with Gasteiger partial charge in [-0.15, -0.1) is 11.3 Å². The van der Waals surface area contributed by atoms with Gasteiger partial charge in [-0.2, -0.15) is 5.26 Å². The van der Waals surface area contributed by atoms with Crippen molar-refractivity contribution in [3.8, 4) is 6.07 Å². The van der Waals surface area contributed by atoms with Gasteiger partial charge in [0.15, 0.2) is 5.13 Å². The Morgan fingerprint density at radius 1 is 1.38 bits per heavy atom. The number of nitrogens with zero attached hydrogens (tertiary/aromatic N) is 2. The highest BCUT2D eigenvalue weighted by Crippen LogP contribution is 2.32. The molecule has 0 bridgehead atoms. The van der Waals surface area contributed by atoms with E-state index >= 15 is 0 Å². The molecule has 0 radical (unpaired) electrons. The summed E-state index contributed by atoms with van der Waals surface area (Å²) in [5.41, 5.74) is 1.92. The maximum Gasteiger partial charge on any atom is 0.263 e. The van der Waals surface area contributed by atoms with Crippen LogP contribution in [0.2, 0.25) is 0 Å². The van der Waals surface area contributed by atoms with E-state index in [1.807, 2.05) is 6.07 Å². The first-order valence-electron chi connectivity index (χ1n) is 6.52. The zero-order valence-electron chi connectivity index (χ0n) is 11.4. The molecule has 3 rings (SSSR count). The van der Waals surface area contributed by atoms with Crippen LogP contribution < -0.4 is 4.72 Å². The number of aromatic nitrogens is 1. The second-order valence-corrected chi connectivity index (χ2v) is 7.67. The number of anilines is 1. The summed E-state index contributed by atoms with van der Waals surface area (Å²) in [6, 6.07) is 6.58. The van der Waals surface area contributed by atoms with Crippen molar-refractivity contribution in [1.82, 2.24) is 4.98 Å². The Labute approximate surface area is 127 Å². The number of hydrogen-bond donors (Lipinski definition) is 1. The summed E-state index contributed by atoms with van der Waals surface area (Å²) < 4.78 is 27.5. The van der Waals surface area contributed by atoms with Crippen LogP contribution in [0.15, 0.2) is 23.1 Å². The van der Waals surface area contributed by atoms with E-state index in [0.29, 0.717) is 16.3 Å². The molecule has 1 heterocycles. The van der Waals surface area contributed by atoms with Gasteiger partial charge in [-0.05, 0) is 43.9 Å². The van der Waals surface area contributed by atoms with E-state index in [2.05, 4.69) is 9.71 Å². The largest absolute Gasteiger partial charge is 0.263 e. The minimum absolute atomic E-state index is 0.122. The molecule has 1 aromatic heterocycles. The van der Waals surface area contributed by atoms with Crippen molar-refractivity contribution in [3.05, 3.63) is 39.9 Å². The highest BCUT2D eigenvalue weighted by atomic mass is 32.2. The molecule has 0 unspecified atom stereocenters. The van der Waals surface area contributed by atoms with Gasteiger partial charge in [0.25, 0.3) is 10.0 Å². The molecule has 0 saturated carbocycles. The average Bonchev–Trinajstić information content (AvgIpc) is 2.99. The summed E-state index contributed by atoms with van der Waals surface area (Å²) in [5, 5.41) is 9.32. The highest BCUT2D eigenvalue weighted by molar-refractivity contribution is 7.93. The molecule has 108 valence electrons. The zero-order chi connectivity index (χ0) is 15.0. The van der Waals surface area contributed by atoms with E-state index in [4.69, 9.17) is 5.26 Å². The van der Waals surface area contributed by atoms with Crippen LogP contribution in [-0.4, -0.2) is 13.4 Å². The number of aryl methyl sites for hydroxylation is 3. The number of fused-ring (bicyclic) bond motifs is 1. The fourth-order valence-electron chi connectivity index (χ4n) is 2.36. The Morgan fingerprint density at radius 2 is 2.19 bits per heavy atom. The first-order chi connectivity index (χ1) is 9.99. The summed E-state index contributed by atoms with van der Waals surface area (Å²) in [6.45, 7) is 1.71. The van der Waals surface area contributed by atoms with Gasteiger partial charge in [0.05, 0.1) is 22.2 Å². The maximum atomic E-state index is 12.5. The number of nitrogens with one attached hydrogen (secondary N) is 1. The monoisotopic (exact) mass is 319 g/mol. The van der Waals surface area contributed by atoms with Gasteiger partial charge in [0.1, 0.15) is 0 Å². The van der Waals surface area contributed by atoms with Crippen molar-refractivity contribution in [2.45, 2.75) is 31.1 Å². The van der Waals surface area contributed by atoms with Crippen LogP contribution in [0, 0.1) is 18.3 Å². The molecule has 0 aliphatic heterocycles. The lowest BCUT2D eigenvalue weighted by Crippen LogP contribution is -2.14. The van der Waals surface area contributed by atoms with Crippen LogP contribution >= 0.6 is 11.3 Å². The summed E-state index contributed by atoms with van der Waals surface area (Å²) in [6.07, 6.45) is 2.97. The van der Waals surface area contributed by atoms with E-state index in [-0.39, 0.29) is 4.90 Å². The molecule has 0 spiro atoms. The summed E-state index contributed by atoms with van der Waals surface area (Å²) >= 11 is 1.39. The van der Waals surface area contributed by atoms with Crippen molar-refractivity contribution in [1.29, 1.82) is 5.26 Å². The normalized spacial score (nSPS) is 13.7. The standard InChI is InChI=1S/C14H13N3O2S2/c1-9-5-6-10(8-15)7-13(9)21(18,19)17-14-16-11-3-2-4-12(11)20-14/h5-7H,2-4H2,1H3,(H,16,17). The van der Waals surface area contributed by atoms with E-state index in [1.54, 1.807) is 19.1 Å². The third-order valence-electron chi connectivity index (χ3n) is 3.42. The van der Waals surface area contributed by atoms with E-state index < -0.39 is 10.0 Å². The Kier molecular flexibility index (Phi) is 3.43. The highest BCUT2D eigenvalue weighted by Gasteiger charge is 2.22. The Morgan fingerprint density at radius 3 is 2.90 bits per heavy atom. The van der Waals surface area contributed by atoms with Crippen molar-refractivity contribution < 1.29 is 8.42 Å². The molecule has 7 heteroatoms. The molecule has 0 saturated heterocycles. The summed E-state index contributed by atoms with van der Waals surface area (Å²) in [4.78, 5) is 5.62. The minimum Gasteiger partial charge on any atom is -0.255 e. The van der Waals surface area contributed by atoms with Crippen LogP contribution in [0.25, 0.3) is 0 Å². The van der Waals surface area contributed by atoms with Gasteiger partial charge < -0.3 is 0 Å². The SMILES string of the molecule is Cc1ccc(C#N)cc1S(=O)(=O)Nc1nc2c(s1)CCC2. The van der Waals surface area contributed by atoms with Gasteiger partial charge in [-0.3, -0.25) is 4.72 Å². The molecule has 1 N–H and O–H groups in total. The van der Waals surface area contributed by atoms with E-state index in [1.165, 1.54) is 17.4 Å². The van der Waals surface area contributed by atoms with E-state index in [9.17, 15) is 8.42 Å². The molecule has 0 atom stereocenters. The summed E-state index contributed by atoms with van der Waals surface area (Å²) in [5.74, 6) is 0. The van der Waals surface area contributed by atoms with Crippen molar-refractivity contribution >= 4 is 26.5 Å². The third-order valence-corrected chi connectivity index (χ3v) is 6.11. The van der Waals surface area contributed by atoms with Gasteiger partial charge in [0, 0.05) is 4.88 Å². The van der Waals surface area contributed by atoms with Crippen LogP contribution in [0.3, 0.4) is 0 Å². The molecule has 2 aromatic rings. The smallest absolute Gasteiger partial charge is 0.255 e. The van der Waals surface area contributed by atoms with Gasteiger partial charge in [0.2, 0.25) is 0 Å². The lowest BCUT2D eigenvalue weighted by atomic mass is 10.2. The van der Waals surface area contributed by atoms with E-state index in [0.717, 1.165) is 29.8 Å². The average molecular weight is 319 g/mol. The molecule has 21 heavy (non-hydrogen) atoms. The van der Waals surface area contributed by atoms with Gasteiger partial charge in [-0.25, -0.2) is 13.4 Å². The lowest BCUT2D eigenvalue weighted by molar-refractivity contribution is 0.600. The fraction of sp³-hybridized carbons (Fsp3) is 0.286. The number of sulfonamides is 1. The van der Waals surface area contributed by atoms with Gasteiger partial charge in [-0.1, -0.05) is 6.07 Å². The topological polar surface area (TPSA) is 82.8 Å². The molecule has 5 nitrogen and oxygen atoms in total. The van der Waals surface area contributed by atoms with Crippen LogP contribution in [0.4, 0.5) is 5.13 Å². The minimum atomic E-state index is -3.72. The predicted octanol–water partition coefficient (Wildman–Crippen LogP) is 2.61. The molecule has 1 aromatic carbocycles. The zero-order valence-corrected chi connectivity index (χ0v) is 13.0. The molecular weight excluding hydrogens is 306 g/mol. The third kappa shape index (κ3) is 2.64. The Balaban J connectivity index is 1.95. The summed E-state index contributed by atoms with van der Waals surface area (Å²) in [7, 11) is -3.72. The second-order valence-electron chi connectivity index (χ2n) is 4.94. The fourth-order valence-corrected chi connectivity index (χ4v) is 4.92. The van der Waals surface area contributed by atoms with Crippen LogP contribution in [0.1, 0.15) is 28.1 Å². The second kappa shape index (κ2) is 5.13. The Bertz CT molecular complexity index is 826.